The minimum Gasteiger partial charge on any atom is -0.425 e. The number of rotatable bonds is 5. The lowest BCUT2D eigenvalue weighted by Gasteiger charge is -2.16. The molecule has 0 saturated carbocycles. The maximum absolute atomic E-state index is 13.0. The van der Waals surface area contributed by atoms with Crippen LogP contribution in [-0.4, -0.2) is 26.9 Å². The Morgan fingerprint density at radius 2 is 1.88 bits per heavy atom. The number of alkyl halides is 7. The fraction of sp³-hybridized carbons (Fsp3) is 0.385. The van der Waals surface area contributed by atoms with Crippen LogP contribution in [0.2, 0.25) is 0 Å². The normalized spacial score (nSPS) is 13.6. The van der Waals surface area contributed by atoms with Gasteiger partial charge in [-0.15, -0.1) is 13.2 Å². The first kappa shape index (κ1) is 19.3. The van der Waals surface area contributed by atoms with Crippen LogP contribution in [0.25, 0.3) is 0 Å². The molecule has 5 nitrogen and oxygen atoms in total. The predicted octanol–water partition coefficient (Wildman–Crippen LogP) is 5.01. The summed E-state index contributed by atoms with van der Waals surface area (Å²) >= 11 is 3.23. The largest absolute Gasteiger partial charge is 0.573 e. The van der Waals surface area contributed by atoms with E-state index < -0.39 is 23.9 Å². The number of benzene rings is 1. The van der Waals surface area contributed by atoms with Crippen LogP contribution in [0, 0.1) is 0 Å². The lowest BCUT2D eigenvalue weighted by molar-refractivity contribution is -0.276. The Morgan fingerprint density at radius 1 is 1.20 bits per heavy atom. The van der Waals surface area contributed by atoms with Gasteiger partial charge in [0.15, 0.2) is 5.82 Å². The highest BCUT2D eigenvalue weighted by molar-refractivity contribution is 9.09. The van der Waals surface area contributed by atoms with E-state index in [1.165, 1.54) is 0 Å². The second-order valence-electron chi connectivity index (χ2n) is 4.86. The van der Waals surface area contributed by atoms with Crippen LogP contribution < -0.4 is 9.47 Å². The summed E-state index contributed by atoms with van der Waals surface area (Å²) in [5.74, 6) is -1.48. The van der Waals surface area contributed by atoms with Crippen molar-refractivity contribution in [3.8, 4) is 17.5 Å². The minimum absolute atomic E-state index is 0.0816. The predicted molar refractivity (Wildman–Crippen MR) is 76.8 cm³/mol. The summed E-state index contributed by atoms with van der Waals surface area (Å²) in [6.07, 6.45) is -10.3. The first-order valence-corrected chi connectivity index (χ1v) is 7.75. The molecule has 25 heavy (non-hydrogen) atoms. The van der Waals surface area contributed by atoms with Crippen molar-refractivity contribution in [1.29, 1.82) is 0 Å². The third-order valence-electron chi connectivity index (χ3n) is 2.85. The molecule has 0 saturated heterocycles. The van der Waals surface area contributed by atoms with Crippen LogP contribution >= 0.6 is 15.9 Å². The van der Waals surface area contributed by atoms with Gasteiger partial charge in [0, 0.05) is 11.2 Å². The van der Waals surface area contributed by atoms with Crippen molar-refractivity contribution < 1.29 is 35.8 Å². The summed E-state index contributed by atoms with van der Waals surface area (Å²) < 4.78 is 84.0. The van der Waals surface area contributed by atoms with E-state index in [-0.39, 0.29) is 17.7 Å². The van der Waals surface area contributed by atoms with Gasteiger partial charge in [-0.05, 0) is 18.2 Å². The van der Waals surface area contributed by atoms with Gasteiger partial charge in [-0.25, -0.2) is 5.10 Å². The number of H-pyrrole nitrogens is 1. The van der Waals surface area contributed by atoms with Gasteiger partial charge in [0.05, 0.1) is 0 Å². The Balaban J connectivity index is 2.29. The van der Waals surface area contributed by atoms with Gasteiger partial charge in [-0.2, -0.15) is 23.3 Å². The maximum atomic E-state index is 13.0. The summed E-state index contributed by atoms with van der Waals surface area (Å²) in [5, 5.41) is 6.77. The van der Waals surface area contributed by atoms with Crippen LogP contribution in [-0.2, 0) is 6.18 Å². The van der Waals surface area contributed by atoms with Crippen molar-refractivity contribution in [2.75, 3.05) is 5.33 Å². The highest BCUT2D eigenvalue weighted by atomic mass is 79.9. The van der Waals surface area contributed by atoms with Gasteiger partial charge in [-0.1, -0.05) is 22.9 Å². The second kappa shape index (κ2) is 7.10. The van der Waals surface area contributed by atoms with Crippen LogP contribution in [0.5, 0.6) is 17.5 Å². The number of halogens is 7. The lowest BCUT2D eigenvalue weighted by atomic mass is 10.2. The fourth-order valence-corrected chi connectivity index (χ4v) is 2.00. The van der Waals surface area contributed by atoms with E-state index in [1.54, 1.807) is 6.92 Å². The Labute approximate surface area is 145 Å². The fourth-order valence-electron chi connectivity index (χ4n) is 1.71. The number of ether oxygens (including phenoxy) is 2. The summed E-state index contributed by atoms with van der Waals surface area (Å²) in [6.45, 7) is 1.80. The molecule has 1 N–H and O–H groups in total. The second-order valence-corrected chi connectivity index (χ2v) is 5.51. The van der Waals surface area contributed by atoms with E-state index >= 15 is 0 Å². The molecule has 0 aliphatic carbocycles. The van der Waals surface area contributed by atoms with Crippen molar-refractivity contribution in [3.05, 3.63) is 29.6 Å². The van der Waals surface area contributed by atoms with Crippen molar-refractivity contribution in [3.63, 3.8) is 0 Å². The van der Waals surface area contributed by atoms with Crippen molar-refractivity contribution in [2.24, 2.45) is 0 Å². The number of hydrogen-bond donors (Lipinski definition) is 1. The minimum atomic E-state index is -5.26. The van der Waals surface area contributed by atoms with Gasteiger partial charge >= 0.3 is 18.5 Å². The molecule has 0 aliphatic rings. The molecule has 0 bridgehead atoms. The van der Waals surface area contributed by atoms with E-state index in [0.29, 0.717) is 23.3 Å². The molecular weight excluding hydrogens is 424 g/mol. The van der Waals surface area contributed by atoms with Crippen LogP contribution in [0.4, 0.5) is 26.3 Å². The zero-order valence-corrected chi connectivity index (χ0v) is 14.0. The van der Waals surface area contributed by atoms with E-state index in [2.05, 4.69) is 35.8 Å². The molecule has 138 valence electrons. The first-order chi connectivity index (χ1) is 11.5. The molecule has 1 aromatic carbocycles. The standard InChI is InChI=1S/C13H10BrF6N3O2/c1-6(5-14)10-21-11(23-22-10)24-7-2-3-9(25-13(18,19)20)8(4-7)12(15,16)17/h2-4,6H,5H2,1H3,(H,21,22,23). The Kier molecular flexibility index (Phi) is 5.49. The maximum Gasteiger partial charge on any atom is 0.573 e. The average molecular weight is 434 g/mol. The van der Waals surface area contributed by atoms with E-state index in [9.17, 15) is 26.3 Å². The highest BCUT2D eigenvalue weighted by Gasteiger charge is 2.39. The van der Waals surface area contributed by atoms with Gasteiger partial charge in [0.2, 0.25) is 0 Å². The van der Waals surface area contributed by atoms with E-state index in [4.69, 9.17) is 4.74 Å². The molecule has 0 spiro atoms. The van der Waals surface area contributed by atoms with Crippen molar-refractivity contribution >= 4 is 15.9 Å². The molecule has 2 aromatic rings. The summed E-state index contributed by atoms with van der Waals surface area (Å²) in [7, 11) is 0. The Hall–Kier alpha value is -1.98. The number of aromatic amines is 1. The molecule has 1 aromatic heterocycles. The topological polar surface area (TPSA) is 60.0 Å². The number of aromatic nitrogens is 3. The van der Waals surface area contributed by atoms with Crippen molar-refractivity contribution in [1.82, 2.24) is 15.2 Å². The molecule has 2 rings (SSSR count). The summed E-state index contributed by atoms with van der Waals surface area (Å²) in [5.41, 5.74) is -1.63. The zero-order valence-electron chi connectivity index (χ0n) is 12.4. The molecule has 0 amide bonds. The van der Waals surface area contributed by atoms with Crippen LogP contribution in [0.15, 0.2) is 18.2 Å². The smallest absolute Gasteiger partial charge is 0.425 e. The van der Waals surface area contributed by atoms with Gasteiger partial charge in [0.1, 0.15) is 17.1 Å². The Morgan fingerprint density at radius 3 is 2.44 bits per heavy atom. The Bertz CT molecular complexity index is 731. The lowest BCUT2D eigenvalue weighted by Crippen LogP contribution is -2.20. The quantitative estimate of drug-likeness (QED) is 0.531. The first-order valence-electron chi connectivity index (χ1n) is 6.62. The third kappa shape index (κ3) is 5.25. The number of hydrogen-bond acceptors (Lipinski definition) is 4. The summed E-state index contributed by atoms with van der Waals surface area (Å²) in [6, 6.07) is 1.61. The number of nitrogens with zero attached hydrogens (tertiary/aromatic N) is 2. The van der Waals surface area contributed by atoms with E-state index in [1.807, 2.05) is 0 Å². The third-order valence-corrected chi connectivity index (χ3v) is 3.82. The van der Waals surface area contributed by atoms with Gasteiger partial charge in [-0.3, -0.25) is 0 Å². The van der Waals surface area contributed by atoms with Crippen LogP contribution in [0.1, 0.15) is 24.2 Å². The monoisotopic (exact) mass is 433 g/mol. The van der Waals surface area contributed by atoms with Gasteiger partial charge in [0.25, 0.3) is 0 Å². The number of nitrogens with one attached hydrogen (secondary N) is 1. The van der Waals surface area contributed by atoms with E-state index in [0.717, 1.165) is 6.07 Å². The SMILES string of the molecule is CC(CBr)c1n[nH]c(Oc2ccc(OC(F)(F)F)c(C(F)(F)F)c2)n1. The van der Waals surface area contributed by atoms with Crippen molar-refractivity contribution in [2.45, 2.75) is 25.4 Å². The molecular formula is C13H10BrF6N3O2. The molecule has 1 heterocycles. The molecule has 0 fully saturated rings. The molecule has 1 atom stereocenters. The zero-order chi connectivity index (χ0) is 18.8. The average Bonchev–Trinajstić information content (AvgIpc) is 2.94. The molecule has 1 unspecified atom stereocenters. The molecule has 0 aliphatic heterocycles. The van der Waals surface area contributed by atoms with Gasteiger partial charge < -0.3 is 9.47 Å². The summed E-state index contributed by atoms with van der Waals surface area (Å²) in [4.78, 5) is 3.94. The van der Waals surface area contributed by atoms with Crippen LogP contribution in [0.3, 0.4) is 0 Å². The highest BCUT2D eigenvalue weighted by Crippen LogP contribution is 2.40. The molecule has 0 radical (unpaired) electrons. The molecule has 12 heteroatoms.